The van der Waals surface area contributed by atoms with E-state index in [0.717, 1.165) is 4.88 Å². The largest absolute Gasteiger partial charge is 0.435 e. The first-order valence-electron chi connectivity index (χ1n) is 7.67. The van der Waals surface area contributed by atoms with Crippen molar-refractivity contribution < 1.29 is 22.7 Å². The third kappa shape index (κ3) is 4.43. The van der Waals surface area contributed by atoms with Gasteiger partial charge in [0.1, 0.15) is 11.6 Å². The first-order valence-corrected chi connectivity index (χ1v) is 8.55. The summed E-state index contributed by atoms with van der Waals surface area (Å²) in [5, 5.41) is 4.73. The van der Waals surface area contributed by atoms with Crippen molar-refractivity contribution in [1.82, 2.24) is 5.32 Å². The molecule has 3 aromatic rings. The molecule has 0 fully saturated rings. The monoisotopic (exact) mass is 377 g/mol. The molecule has 0 bridgehead atoms. The van der Waals surface area contributed by atoms with Gasteiger partial charge < -0.3 is 10.1 Å². The standard InChI is InChI=1S/C19H14F3NO2S/c20-14-8-6-12(7-9-14)17(16-5-2-10-26-16)23-18(24)13-3-1-4-15(11-13)25-19(21)22/h1-11,17,19H,(H,23,24). The molecule has 1 aromatic heterocycles. The van der Waals surface area contributed by atoms with Crippen LogP contribution in [0.1, 0.15) is 26.8 Å². The van der Waals surface area contributed by atoms with Crippen molar-refractivity contribution >= 4 is 17.2 Å². The van der Waals surface area contributed by atoms with Crippen LogP contribution in [0.15, 0.2) is 66.0 Å². The third-order valence-electron chi connectivity index (χ3n) is 3.63. The topological polar surface area (TPSA) is 38.3 Å². The molecule has 7 heteroatoms. The van der Waals surface area contributed by atoms with E-state index in [2.05, 4.69) is 10.1 Å². The van der Waals surface area contributed by atoms with Gasteiger partial charge in [0.2, 0.25) is 0 Å². The molecule has 0 aliphatic carbocycles. The second-order valence-electron chi connectivity index (χ2n) is 5.38. The maximum atomic E-state index is 13.2. The fourth-order valence-corrected chi connectivity index (χ4v) is 3.26. The molecule has 1 heterocycles. The van der Waals surface area contributed by atoms with Gasteiger partial charge >= 0.3 is 6.61 Å². The summed E-state index contributed by atoms with van der Waals surface area (Å²) in [6.45, 7) is -2.97. The highest BCUT2D eigenvalue weighted by Crippen LogP contribution is 2.27. The highest BCUT2D eigenvalue weighted by Gasteiger charge is 2.19. The van der Waals surface area contributed by atoms with Crippen molar-refractivity contribution in [3.8, 4) is 5.75 Å². The summed E-state index contributed by atoms with van der Waals surface area (Å²) in [4.78, 5) is 13.5. The second-order valence-corrected chi connectivity index (χ2v) is 6.36. The number of hydrogen-bond acceptors (Lipinski definition) is 3. The first-order chi connectivity index (χ1) is 12.5. The van der Waals surface area contributed by atoms with Crippen LogP contribution < -0.4 is 10.1 Å². The molecule has 1 unspecified atom stereocenters. The number of halogens is 3. The zero-order chi connectivity index (χ0) is 18.5. The molecule has 26 heavy (non-hydrogen) atoms. The molecule has 0 radical (unpaired) electrons. The van der Waals surface area contributed by atoms with Crippen LogP contribution >= 0.6 is 11.3 Å². The van der Waals surface area contributed by atoms with E-state index < -0.39 is 18.6 Å². The molecule has 3 rings (SSSR count). The number of benzene rings is 2. The lowest BCUT2D eigenvalue weighted by Crippen LogP contribution is -2.28. The molecule has 2 aromatic carbocycles. The Kier molecular flexibility index (Phi) is 5.58. The molecule has 3 nitrogen and oxygen atoms in total. The lowest BCUT2D eigenvalue weighted by Gasteiger charge is -2.18. The molecular weight excluding hydrogens is 363 g/mol. The van der Waals surface area contributed by atoms with Crippen LogP contribution in [0.25, 0.3) is 0 Å². The maximum Gasteiger partial charge on any atom is 0.387 e. The van der Waals surface area contributed by atoms with E-state index in [0.29, 0.717) is 5.56 Å². The van der Waals surface area contributed by atoms with E-state index in [1.807, 2.05) is 17.5 Å². The Hall–Kier alpha value is -2.80. The molecule has 0 saturated carbocycles. The van der Waals surface area contributed by atoms with Crippen LogP contribution in [0.5, 0.6) is 5.75 Å². The van der Waals surface area contributed by atoms with Crippen molar-refractivity contribution in [1.29, 1.82) is 0 Å². The van der Waals surface area contributed by atoms with Crippen LogP contribution in [0.4, 0.5) is 13.2 Å². The zero-order valence-electron chi connectivity index (χ0n) is 13.4. The number of rotatable bonds is 6. The van der Waals surface area contributed by atoms with Crippen LogP contribution in [0, 0.1) is 5.82 Å². The average Bonchev–Trinajstić information content (AvgIpc) is 3.14. The van der Waals surface area contributed by atoms with Crippen molar-refractivity contribution in [2.75, 3.05) is 0 Å². The number of thiophene rings is 1. The number of carbonyl (C=O) groups is 1. The molecule has 0 aliphatic heterocycles. The van der Waals surface area contributed by atoms with Crippen LogP contribution in [0.2, 0.25) is 0 Å². The number of alkyl halides is 2. The summed E-state index contributed by atoms with van der Waals surface area (Å²) in [6, 6.07) is 14.6. The van der Waals surface area contributed by atoms with Crippen molar-refractivity contribution in [3.05, 3.63) is 87.9 Å². The van der Waals surface area contributed by atoms with Crippen molar-refractivity contribution in [2.24, 2.45) is 0 Å². The summed E-state index contributed by atoms with van der Waals surface area (Å²) in [5.74, 6) is -0.920. The van der Waals surface area contributed by atoms with Gasteiger partial charge in [-0.2, -0.15) is 8.78 Å². The first kappa shape index (κ1) is 18.0. The molecule has 0 spiro atoms. The normalized spacial score (nSPS) is 12.0. The van der Waals surface area contributed by atoms with E-state index in [9.17, 15) is 18.0 Å². The summed E-state index contributed by atoms with van der Waals surface area (Å²) in [6.07, 6.45) is 0. The van der Waals surface area contributed by atoms with Crippen LogP contribution in [-0.2, 0) is 0 Å². The summed E-state index contributed by atoms with van der Waals surface area (Å²) >= 11 is 1.45. The Morgan fingerprint density at radius 1 is 1.04 bits per heavy atom. The summed E-state index contributed by atoms with van der Waals surface area (Å²) in [7, 11) is 0. The van der Waals surface area contributed by atoms with Gasteiger partial charge in [-0.25, -0.2) is 4.39 Å². The Bertz CT molecular complexity index is 867. The van der Waals surface area contributed by atoms with Gasteiger partial charge in [0.25, 0.3) is 5.91 Å². The second kappa shape index (κ2) is 8.05. The summed E-state index contributed by atoms with van der Waals surface area (Å²) < 4.78 is 42.2. The van der Waals surface area contributed by atoms with Gasteiger partial charge in [-0.15, -0.1) is 11.3 Å². The van der Waals surface area contributed by atoms with Gasteiger partial charge in [-0.3, -0.25) is 4.79 Å². The Labute approximate surface area is 152 Å². The van der Waals surface area contributed by atoms with Crippen molar-refractivity contribution in [2.45, 2.75) is 12.7 Å². The molecule has 1 amide bonds. The van der Waals surface area contributed by atoms with Gasteiger partial charge in [0.15, 0.2) is 0 Å². The third-order valence-corrected chi connectivity index (χ3v) is 4.57. The number of nitrogens with one attached hydrogen (secondary N) is 1. The quantitative estimate of drug-likeness (QED) is 0.656. The SMILES string of the molecule is O=C(NC(c1ccc(F)cc1)c1cccs1)c1cccc(OC(F)F)c1. The minimum absolute atomic E-state index is 0.0953. The minimum atomic E-state index is -2.97. The fraction of sp³-hybridized carbons (Fsp3) is 0.105. The van der Waals surface area contributed by atoms with Gasteiger partial charge in [-0.05, 0) is 47.3 Å². The minimum Gasteiger partial charge on any atom is -0.435 e. The molecule has 134 valence electrons. The number of amides is 1. The van der Waals surface area contributed by atoms with Gasteiger partial charge in [-0.1, -0.05) is 24.3 Å². The maximum absolute atomic E-state index is 13.2. The smallest absolute Gasteiger partial charge is 0.387 e. The van der Waals surface area contributed by atoms with Crippen molar-refractivity contribution in [3.63, 3.8) is 0 Å². The van der Waals surface area contributed by atoms with E-state index in [1.54, 1.807) is 12.1 Å². The fourth-order valence-electron chi connectivity index (χ4n) is 2.46. The van der Waals surface area contributed by atoms with E-state index in [-0.39, 0.29) is 17.1 Å². The molecule has 1 atom stereocenters. The van der Waals surface area contributed by atoms with Crippen LogP contribution in [0.3, 0.4) is 0 Å². The van der Waals surface area contributed by atoms with Gasteiger partial charge in [0, 0.05) is 10.4 Å². The highest BCUT2D eigenvalue weighted by atomic mass is 32.1. The Morgan fingerprint density at radius 2 is 1.81 bits per heavy atom. The average molecular weight is 377 g/mol. The lowest BCUT2D eigenvalue weighted by molar-refractivity contribution is -0.0498. The predicted octanol–water partition coefficient (Wildman–Crippen LogP) is 5.01. The Balaban J connectivity index is 1.85. The number of ether oxygens (including phenoxy) is 1. The van der Waals surface area contributed by atoms with E-state index in [1.165, 1.54) is 47.7 Å². The highest BCUT2D eigenvalue weighted by molar-refractivity contribution is 7.10. The molecular formula is C19H14F3NO2S. The van der Waals surface area contributed by atoms with E-state index >= 15 is 0 Å². The number of hydrogen-bond donors (Lipinski definition) is 1. The molecule has 0 saturated heterocycles. The zero-order valence-corrected chi connectivity index (χ0v) is 14.2. The lowest BCUT2D eigenvalue weighted by atomic mass is 10.0. The molecule has 0 aliphatic rings. The number of carbonyl (C=O) groups excluding carboxylic acids is 1. The predicted molar refractivity (Wildman–Crippen MR) is 93.1 cm³/mol. The summed E-state index contributed by atoms with van der Waals surface area (Å²) in [5.41, 5.74) is 0.897. The Morgan fingerprint density at radius 3 is 2.46 bits per heavy atom. The molecule has 1 N–H and O–H groups in total. The van der Waals surface area contributed by atoms with Crippen LogP contribution in [-0.4, -0.2) is 12.5 Å². The van der Waals surface area contributed by atoms with Gasteiger partial charge in [0.05, 0.1) is 6.04 Å². The van der Waals surface area contributed by atoms with E-state index in [4.69, 9.17) is 0 Å².